The molecular formula is C20H39O6P. The molecule has 0 amide bonds. The van der Waals surface area contributed by atoms with Crippen molar-refractivity contribution in [1.82, 2.24) is 0 Å². The number of rotatable bonds is 19. The highest BCUT2D eigenvalue weighted by molar-refractivity contribution is 7.48. The minimum Gasteiger partial charge on any atom is -0.303 e. The summed E-state index contributed by atoms with van der Waals surface area (Å²) >= 11 is 0. The highest BCUT2D eigenvalue weighted by atomic mass is 31.2. The van der Waals surface area contributed by atoms with Gasteiger partial charge in [0.25, 0.3) is 0 Å². The molecule has 0 aliphatic heterocycles. The van der Waals surface area contributed by atoms with Crippen LogP contribution in [0.25, 0.3) is 0 Å². The summed E-state index contributed by atoms with van der Waals surface area (Å²) in [6.07, 6.45) is 8.38. The second kappa shape index (κ2) is 16.4. The van der Waals surface area contributed by atoms with Crippen LogP contribution in [0.2, 0.25) is 0 Å². The third-order valence-corrected chi connectivity index (χ3v) is 6.31. The minimum absolute atomic E-state index is 0.0220. The van der Waals surface area contributed by atoms with Gasteiger partial charge in [0.15, 0.2) is 0 Å². The van der Waals surface area contributed by atoms with E-state index >= 15 is 0 Å². The zero-order chi connectivity index (χ0) is 20.5. The highest BCUT2D eigenvalue weighted by Gasteiger charge is 2.30. The van der Waals surface area contributed by atoms with Crippen molar-refractivity contribution in [2.75, 3.05) is 19.8 Å². The van der Waals surface area contributed by atoms with Crippen LogP contribution in [0.15, 0.2) is 0 Å². The molecule has 0 aliphatic rings. The average molecular weight is 407 g/mol. The molecule has 0 spiro atoms. The maximum absolute atomic E-state index is 13.1. The van der Waals surface area contributed by atoms with Gasteiger partial charge < -0.3 is 9.59 Å². The molecule has 0 aromatic carbocycles. The Kier molecular flexibility index (Phi) is 16.1. The lowest BCUT2D eigenvalue weighted by atomic mass is 10.0. The molecule has 0 fully saturated rings. The van der Waals surface area contributed by atoms with Gasteiger partial charge in [-0.25, -0.2) is 4.57 Å². The number of carbonyl (C=O) groups excluding carboxylic acids is 2. The molecule has 0 aliphatic carbocycles. The molecule has 0 aromatic heterocycles. The smallest absolute Gasteiger partial charge is 0.303 e. The fraction of sp³-hybridized carbons (Fsp3) is 0.900. The van der Waals surface area contributed by atoms with Crippen molar-refractivity contribution in [2.45, 2.75) is 79.1 Å². The Morgan fingerprint density at radius 1 is 0.815 bits per heavy atom. The fourth-order valence-corrected chi connectivity index (χ4v) is 3.94. The molecular weight excluding hydrogens is 367 g/mol. The molecule has 0 rings (SSSR count). The lowest BCUT2D eigenvalue weighted by Gasteiger charge is -2.24. The number of unbranched alkanes of at least 4 members (excludes halogenated alkanes) is 1. The Morgan fingerprint density at radius 2 is 1.37 bits per heavy atom. The Hall–Kier alpha value is -0.550. The van der Waals surface area contributed by atoms with Gasteiger partial charge in [-0.3, -0.25) is 13.6 Å². The lowest BCUT2D eigenvalue weighted by molar-refractivity contribution is -0.112. The van der Waals surface area contributed by atoms with Gasteiger partial charge in [-0.15, -0.1) is 0 Å². The maximum atomic E-state index is 13.1. The van der Waals surface area contributed by atoms with E-state index in [1.54, 1.807) is 0 Å². The Balaban J connectivity index is 4.87. The molecule has 27 heavy (non-hydrogen) atoms. The Labute approximate surface area is 165 Å². The van der Waals surface area contributed by atoms with E-state index in [2.05, 4.69) is 13.8 Å². The number of carbonyl (C=O) groups is 2. The number of hydrogen-bond acceptors (Lipinski definition) is 6. The summed E-state index contributed by atoms with van der Waals surface area (Å²) in [5.74, 6) is 0.0889. The van der Waals surface area contributed by atoms with Crippen molar-refractivity contribution < 1.29 is 27.7 Å². The summed E-state index contributed by atoms with van der Waals surface area (Å²) in [5.41, 5.74) is 0. The monoisotopic (exact) mass is 406 g/mol. The average Bonchev–Trinajstić information content (AvgIpc) is 2.69. The standard InChI is InChI=1S/C20H39O6P/c1-5-9-11-18(6-2)15-24-27(23,26-17-20(8-4)14-22)25-16-19(7-3)12-10-13-21/h13-14,18-20H,5-12,15-17H2,1-4H3. The Bertz CT molecular complexity index is 429. The first-order valence-electron chi connectivity index (χ1n) is 10.4. The van der Waals surface area contributed by atoms with Gasteiger partial charge in [-0.05, 0) is 31.1 Å². The Morgan fingerprint density at radius 3 is 1.81 bits per heavy atom. The van der Waals surface area contributed by atoms with Gasteiger partial charge in [0.2, 0.25) is 0 Å². The summed E-state index contributed by atoms with van der Waals surface area (Å²) in [6, 6.07) is 0. The van der Waals surface area contributed by atoms with Crippen LogP contribution < -0.4 is 0 Å². The minimum atomic E-state index is -3.75. The zero-order valence-electron chi connectivity index (χ0n) is 17.6. The molecule has 0 saturated carbocycles. The van der Waals surface area contributed by atoms with E-state index in [-0.39, 0.29) is 25.0 Å². The normalized spacial score (nSPS) is 17.0. The van der Waals surface area contributed by atoms with Gasteiger partial charge in [0, 0.05) is 12.3 Å². The predicted octanol–water partition coefficient (Wildman–Crippen LogP) is 5.59. The van der Waals surface area contributed by atoms with Crippen LogP contribution in [0.5, 0.6) is 0 Å². The molecule has 0 bridgehead atoms. The number of hydrogen-bond donors (Lipinski definition) is 0. The van der Waals surface area contributed by atoms with Crippen LogP contribution in [0.3, 0.4) is 0 Å². The SMILES string of the molecule is CCCCC(CC)COP(=O)(OCC(C=O)CC)OCC(CC)CCC=O. The fourth-order valence-electron chi connectivity index (χ4n) is 2.55. The summed E-state index contributed by atoms with van der Waals surface area (Å²) < 4.78 is 29.8. The molecule has 160 valence electrons. The molecule has 0 heterocycles. The van der Waals surface area contributed by atoms with Crippen molar-refractivity contribution in [1.29, 1.82) is 0 Å². The topological polar surface area (TPSA) is 78.9 Å². The van der Waals surface area contributed by atoms with E-state index in [0.29, 0.717) is 31.8 Å². The van der Waals surface area contributed by atoms with Gasteiger partial charge >= 0.3 is 7.82 Å². The van der Waals surface area contributed by atoms with Crippen LogP contribution in [-0.2, 0) is 27.7 Å². The third-order valence-electron chi connectivity index (χ3n) is 4.91. The van der Waals surface area contributed by atoms with Crippen LogP contribution in [0.1, 0.15) is 79.1 Å². The quantitative estimate of drug-likeness (QED) is 0.205. The highest BCUT2D eigenvalue weighted by Crippen LogP contribution is 2.51. The molecule has 4 unspecified atom stereocenters. The number of phosphoric acid groups is 1. The lowest BCUT2D eigenvalue weighted by Crippen LogP contribution is -2.16. The van der Waals surface area contributed by atoms with Gasteiger partial charge in [0.1, 0.15) is 12.6 Å². The maximum Gasteiger partial charge on any atom is 0.474 e. The first kappa shape index (κ1) is 26.4. The van der Waals surface area contributed by atoms with Crippen LogP contribution in [0.4, 0.5) is 0 Å². The van der Waals surface area contributed by atoms with E-state index in [1.165, 1.54) is 0 Å². The number of aldehydes is 2. The summed E-state index contributed by atoms with van der Waals surface area (Å²) in [7, 11) is -3.75. The molecule has 6 nitrogen and oxygen atoms in total. The van der Waals surface area contributed by atoms with E-state index in [4.69, 9.17) is 13.6 Å². The second-order valence-electron chi connectivity index (χ2n) is 7.07. The van der Waals surface area contributed by atoms with Crippen LogP contribution >= 0.6 is 7.82 Å². The van der Waals surface area contributed by atoms with E-state index in [9.17, 15) is 14.2 Å². The van der Waals surface area contributed by atoms with Gasteiger partial charge in [-0.1, -0.05) is 53.4 Å². The van der Waals surface area contributed by atoms with Crippen LogP contribution in [0, 0.1) is 17.8 Å². The van der Waals surface area contributed by atoms with E-state index in [1.807, 2.05) is 13.8 Å². The molecule has 0 aromatic rings. The van der Waals surface area contributed by atoms with E-state index < -0.39 is 7.82 Å². The van der Waals surface area contributed by atoms with Crippen molar-refractivity contribution >= 4 is 20.4 Å². The van der Waals surface area contributed by atoms with Crippen LogP contribution in [-0.4, -0.2) is 32.4 Å². The number of phosphoric ester groups is 1. The summed E-state index contributed by atoms with van der Waals surface area (Å²) in [6.45, 7) is 8.65. The molecule has 0 saturated heterocycles. The molecule has 7 heteroatoms. The first-order chi connectivity index (χ1) is 13.0. The predicted molar refractivity (Wildman–Crippen MR) is 108 cm³/mol. The molecule has 0 N–H and O–H groups in total. The van der Waals surface area contributed by atoms with Gasteiger partial charge in [-0.2, -0.15) is 0 Å². The zero-order valence-corrected chi connectivity index (χ0v) is 18.5. The first-order valence-corrected chi connectivity index (χ1v) is 11.9. The summed E-state index contributed by atoms with van der Waals surface area (Å²) in [5, 5.41) is 0. The van der Waals surface area contributed by atoms with E-state index in [0.717, 1.165) is 44.7 Å². The van der Waals surface area contributed by atoms with Crippen molar-refractivity contribution in [3.05, 3.63) is 0 Å². The largest absolute Gasteiger partial charge is 0.474 e. The second-order valence-corrected chi connectivity index (χ2v) is 8.74. The third kappa shape index (κ3) is 12.5. The van der Waals surface area contributed by atoms with Crippen molar-refractivity contribution in [3.63, 3.8) is 0 Å². The van der Waals surface area contributed by atoms with Crippen molar-refractivity contribution in [2.24, 2.45) is 17.8 Å². The van der Waals surface area contributed by atoms with Gasteiger partial charge in [0.05, 0.1) is 19.8 Å². The molecule has 4 atom stereocenters. The molecule has 0 radical (unpaired) electrons. The van der Waals surface area contributed by atoms with Crippen molar-refractivity contribution in [3.8, 4) is 0 Å². The summed E-state index contributed by atoms with van der Waals surface area (Å²) in [4.78, 5) is 21.6.